The van der Waals surface area contributed by atoms with E-state index in [-0.39, 0.29) is 0 Å². The van der Waals surface area contributed by atoms with Crippen molar-refractivity contribution in [2.24, 2.45) is 16.6 Å². The van der Waals surface area contributed by atoms with Gasteiger partial charge in [-0.15, -0.1) is 0 Å². The zero-order valence-electron chi connectivity index (χ0n) is 12.2. The summed E-state index contributed by atoms with van der Waals surface area (Å²) in [6, 6.07) is 1.42. The maximum absolute atomic E-state index is 6.40. The van der Waals surface area contributed by atoms with Gasteiger partial charge in [-0.2, -0.15) is 0 Å². The average Bonchev–Trinajstić information content (AvgIpc) is 2.39. The molecule has 0 amide bonds. The first-order valence-corrected chi connectivity index (χ1v) is 6.55. The van der Waals surface area contributed by atoms with Gasteiger partial charge in [-0.3, -0.25) is 4.90 Å². The quantitative estimate of drug-likeness (QED) is 0.784. The van der Waals surface area contributed by atoms with Gasteiger partial charge in [0.15, 0.2) is 0 Å². The summed E-state index contributed by atoms with van der Waals surface area (Å²) in [7, 11) is 2.24. The Kier molecular flexibility index (Phi) is 3.76. The molecule has 1 aliphatic carbocycles. The topological polar surface area (TPSA) is 29.3 Å². The first-order chi connectivity index (χ1) is 7.07. The molecular formula is C14H30N2. The lowest BCUT2D eigenvalue weighted by atomic mass is 9.84. The highest BCUT2D eigenvalue weighted by atomic mass is 15.2. The van der Waals surface area contributed by atoms with Crippen LogP contribution in [-0.2, 0) is 0 Å². The minimum Gasteiger partial charge on any atom is -0.326 e. The number of rotatable bonds is 2. The number of hydrogen-bond donors (Lipinski definition) is 1. The molecule has 1 fully saturated rings. The summed E-state index contributed by atoms with van der Waals surface area (Å²) in [5.41, 5.74) is 7.02. The Morgan fingerprint density at radius 2 is 1.81 bits per heavy atom. The molecule has 0 radical (unpaired) electrons. The van der Waals surface area contributed by atoms with E-state index in [1.165, 1.54) is 12.8 Å². The van der Waals surface area contributed by atoms with Gasteiger partial charge in [0.2, 0.25) is 0 Å². The molecule has 1 rings (SSSR count). The van der Waals surface area contributed by atoms with Crippen molar-refractivity contribution < 1.29 is 0 Å². The van der Waals surface area contributed by atoms with Crippen molar-refractivity contribution in [3.63, 3.8) is 0 Å². The molecule has 0 heterocycles. The van der Waals surface area contributed by atoms with Crippen LogP contribution in [0.3, 0.4) is 0 Å². The smallest absolute Gasteiger partial charge is 0.0252 e. The minimum absolute atomic E-state index is 0.302. The lowest BCUT2D eigenvalue weighted by molar-refractivity contribution is 0.0843. The van der Waals surface area contributed by atoms with Crippen LogP contribution in [0.5, 0.6) is 0 Å². The summed E-state index contributed by atoms with van der Waals surface area (Å²) in [4.78, 5) is 2.50. The van der Waals surface area contributed by atoms with Crippen LogP contribution in [0.15, 0.2) is 0 Å². The Morgan fingerprint density at radius 1 is 1.31 bits per heavy atom. The predicted octanol–water partition coefficient (Wildman–Crippen LogP) is 2.87. The third-order valence-corrected chi connectivity index (χ3v) is 4.79. The summed E-state index contributed by atoms with van der Waals surface area (Å²) in [6.07, 6.45) is 2.49. The molecule has 2 heteroatoms. The number of hydrogen-bond acceptors (Lipinski definition) is 2. The first-order valence-electron chi connectivity index (χ1n) is 6.55. The zero-order valence-corrected chi connectivity index (χ0v) is 12.2. The second-order valence-electron chi connectivity index (χ2n) is 7.33. The van der Waals surface area contributed by atoms with Crippen molar-refractivity contribution in [3.05, 3.63) is 0 Å². The molecule has 0 spiro atoms. The highest BCUT2D eigenvalue weighted by Crippen LogP contribution is 2.40. The molecule has 0 bridgehead atoms. The summed E-state index contributed by atoms with van der Waals surface area (Å²) >= 11 is 0. The van der Waals surface area contributed by atoms with E-state index < -0.39 is 0 Å². The minimum atomic E-state index is 0.302. The Morgan fingerprint density at radius 3 is 2.12 bits per heavy atom. The number of nitrogens with zero attached hydrogens (tertiary/aromatic N) is 1. The monoisotopic (exact) mass is 226 g/mol. The molecular weight excluding hydrogens is 196 g/mol. The normalized spacial score (nSPS) is 32.1. The molecule has 2 nitrogen and oxygen atoms in total. The van der Waals surface area contributed by atoms with Crippen LogP contribution in [0.1, 0.15) is 54.4 Å². The maximum Gasteiger partial charge on any atom is 0.0252 e. The number of likely N-dealkylation sites (N-methyl/N-ethyl adjacent to an activating group) is 1. The second kappa shape index (κ2) is 4.30. The van der Waals surface area contributed by atoms with E-state index in [4.69, 9.17) is 5.73 Å². The third-order valence-electron chi connectivity index (χ3n) is 4.79. The third kappa shape index (κ3) is 2.60. The maximum atomic E-state index is 6.40. The molecule has 0 aliphatic heterocycles. The highest BCUT2D eigenvalue weighted by Gasteiger charge is 2.43. The van der Waals surface area contributed by atoms with Crippen LogP contribution in [0.4, 0.5) is 0 Å². The van der Waals surface area contributed by atoms with Crippen LogP contribution in [0, 0.1) is 10.8 Å². The summed E-state index contributed by atoms with van der Waals surface area (Å²) in [5.74, 6) is 0. The van der Waals surface area contributed by atoms with E-state index in [0.29, 0.717) is 29.0 Å². The fraction of sp³-hybridized carbons (Fsp3) is 1.00. The molecule has 1 aliphatic rings. The van der Waals surface area contributed by atoms with E-state index in [1.807, 2.05) is 0 Å². The van der Waals surface area contributed by atoms with Gasteiger partial charge in [0, 0.05) is 18.1 Å². The SMILES string of the molecule is CC(N(C)C1CCC(C)(C)C1N)C(C)(C)C. The Bertz CT molecular complexity index is 240. The van der Waals surface area contributed by atoms with E-state index in [0.717, 1.165) is 0 Å². The molecule has 0 aromatic rings. The predicted molar refractivity (Wildman–Crippen MR) is 71.5 cm³/mol. The molecule has 0 aromatic heterocycles. The molecule has 2 N–H and O–H groups in total. The van der Waals surface area contributed by atoms with Crippen molar-refractivity contribution in [2.75, 3.05) is 7.05 Å². The Balaban J connectivity index is 2.73. The summed E-state index contributed by atoms with van der Waals surface area (Å²) < 4.78 is 0. The van der Waals surface area contributed by atoms with E-state index in [2.05, 4.69) is 53.5 Å². The molecule has 3 atom stereocenters. The van der Waals surface area contributed by atoms with Crippen molar-refractivity contribution in [1.29, 1.82) is 0 Å². The largest absolute Gasteiger partial charge is 0.326 e. The molecule has 1 saturated carbocycles. The first kappa shape index (κ1) is 14.0. The Labute approximate surface area is 102 Å². The zero-order chi connectivity index (χ0) is 12.7. The van der Waals surface area contributed by atoms with Gasteiger partial charge in [-0.1, -0.05) is 34.6 Å². The van der Waals surface area contributed by atoms with Gasteiger partial charge in [0.25, 0.3) is 0 Å². The molecule has 0 saturated heterocycles. The lowest BCUT2D eigenvalue weighted by Crippen LogP contribution is -2.53. The van der Waals surface area contributed by atoms with Crippen LogP contribution < -0.4 is 5.73 Å². The average molecular weight is 226 g/mol. The van der Waals surface area contributed by atoms with Gasteiger partial charge in [0.1, 0.15) is 0 Å². The van der Waals surface area contributed by atoms with Crippen molar-refractivity contribution in [1.82, 2.24) is 4.90 Å². The summed E-state index contributed by atoms with van der Waals surface area (Å²) in [5, 5.41) is 0. The standard InChI is InChI=1S/C14H30N2/c1-10(13(2,3)4)16(7)11-8-9-14(5,6)12(11)15/h10-12H,8-9,15H2,1-7H3. The van der Waals surface area contributed by atoms with Crippen molar-refractivity contribution >= 4 is 0 Å². The highest BCUT2D eigenvalue weighted by molar-refractivity contribution is 5.00. The van der Waals surface area contributed by atoms with Crippen LogP contribution in [0.25, 0.3) is 0 Å². The van der Waals surface area contributed by atoms with Gasteiger partial charge in [-0.25, -0.2) is 0 Å². The lowest BCUT2D eigenvalue weighted by Gasteiger charge is -2.41. The van der Waals surface area contributed by atoms with E-state index in [9.17, 15) is 0 Å². The molecule has 96 valence electrons. The second-order valence-corrected chi connectivity index (χ2v) is 7.33. The van der Waals surface area contributed by atoms with E-state index in [1.54, 1.807) is 0 Å². The van der Waals surface area contributed by atoms with Crippen LogP contribution >= 0.6 is 0 Å². The van der Waals surface area contributed by atoms with Gasteiger partial charge in [-0.05, 0) is 37.6 Å². The van der Waals surface area contributed by atoms with E-state index >= 15 is 0 Å². The fourth-order valence-electron chi connectivity index (χ4n) is 2.74. The van der Waals surface area contributed by atoms with Gasteiger partial charge < -0.3 is 5.73 Å². The molecule has 0 aromatic carbocycles. The number of nitrogens with two attached hydrogens (primary N) is 1. The van der Waals surface area contributed by atoms with Crippen molar-refractivity contribution in [2.45, 2.75) is 72.5 Å². The molecule has 16 heavy (non-hydrogen) atoms. The fourth-order valence-corrected chi connectivity index (χ4v) is 2.74. The van der Waals surface area contributed by atoms with Gasteiger partial charge in [0.05, 0.1) is 0 Å². The summed E-state index contributed by atoms with van der Waals surface area (Å²) in [6.45, 7) is 13.8. The van der Waals surface area contributed by atoms with Crippen LogP contribution in [-0.4, -0.2) is 30.1 Å². The van der Waals surface area contributed by atoms with Gasteiger partial charge >= 0.3 is 0 Å². The molecule has 3 unspecified atom stereocenters. The Hall–Kier alpha value is -0.0800. The van der Waals surface area contributed by atoms with Crippen molar-refractivity contribution in [3.8, 4) is 0 Å². The van der Waals surface area contributed by atoms with Crippen LogP contribution in [0.2, 0.25) is 0 Å².